The second-order valence-electron chi connectivity index (χ2n) is 7.04. The van der Waals surface area contributed by atoms with Crippen molar-refractivity contribution in [3.63, 3.8) is 0 Å². The van der Waals surface area contributed by atoms with Crippen LogP contribution in [0.25, 0.3) is 12.2 Å². The van der Waals surface area contributed by atoms with Crippen molar-refractivity contribution < 1.29 is 18.3 Å². The van der Waals surface area contributed by atoms with Crippen LogP contribution in [-0.2, 0) is 6.61 Å². The molecule has 5 nitrogen and oxygen atoms in total. The Morgan fingerprint density at radius 1 is 0.758 bits per heavy atom. The molecular formula is C26H21F2N3O2. The third-order valence-corrected chi connectivity index (χ3v) is 4.60. The van der Waals surface area contributed by atoms with Gasteiger partial charge in [-0.15, -0.1) is 0 Å². The number of ether oxygens (including phenoxy) is 2. The van der Waals surface area contributed by atoms with E-state index in [2.05, 4.69) is 20.0 Å². The average molecular weight is 445 g/mol. The van der Waals surface area contributed by atoms with Crippen molar-refractivity contribution >= 4 is 23.8 Å². The minimum atomic E-state index is -2.85. The van der Waals surface area contributed by atoms with Gasteiger partial charge in [-0.05, 0) is 47.5 Å². The predicted molar refractivity (Wildman–Crippen MR) is 125 cm³/mol. The molecule has 0 fully saturated rings. The normalized spacial score (nSPS) is 11.0. The number of anilines is 2. The summed E-state index contributed by atoms with van der Waals surface area (Å²) in [6.07, 6.45) is 7.27. The van der Waals surface area contributed by atoms with Gasteiger partial charge in [0.1, 0.15) is 18.1 Å². The third kappa shape index (κ3) is 6.87. The molecular weight excluding hydrogens is 424 g/mol. The summed E-state index contributed by atoms with van der Waals surface area (Å²) in [6.45, 7) is -2.32. The molecule has 7 heteroatoms. The molecule has 0 bridgehead atoms. The van der Waals surface area contributed by atoms with Crippen molar-refractivity contribution in [3.05, 3.63) is 108 Å². The summed E-state index contributed by atoms with van der Waals surface area (Å²) in [6, 6.07) is 24.0. The highest BCUT2D eigenvalue weighted by Crippen LogP contribution is 2.20. The van der Waals surface area contributed by atoms with Crippen LogP contribution in [0.4, 0.5) is 20.4 Å². The molecule has 0 atom stereocenters. The number of nitrogens with one attached hydrogen (secondary N) is 1. The van der Waals surface area contributed by atoms with Crippen molar-refractivity contribution in [3.8, 4) is 11.5 Å². The van der Waals surface area contributed by atoms with Crippen LogP contribution < -0.4 is 14.8 Å². The van der Waals surface area contributed by atoms with Crippen LogP contribution in [0.15, 0.2) is 91.3 Å². The van der Waals surface area contributed by atoms with Gasteiger partial charge in [0.25, 0.3) is 0 Å². The number of alkyl halides is 2. The van der Waals surface area contributed by atoms with Crippen molar-refractivity contribution in [1.82, 2.24) is 9.97 Å². The van der Waals surface area contributed by atoms with Gasteiger partial charge in [0, 0.05) is 23.6 Å². The lowest BCUT2D eigenvalue weighted by Crippen LogP contribution is -2.02. The fraction of sp³-hybridized carbons (Fsp3) is 0.0769. The molecule has 33 heavy (non-hydrogen) atoms. The Kier molecular flexibility index (Phi) is 7.22. The molecule has 0 amide bonds. The Morgan fingerprint density at radius 3 is 2.06 bits per heavy atom. The smallest absolute Gasteiger partial charge is 0.387 e. The fourth-order valence-electron chi connectivity index (χ4n) is 2.95. The van der Waals surface area contributed by atoms with E-state index in [-0.39, 0.29) is 5.75 Å². The molecule has 0 aliphatic heterocycles. The first-order chi connectivity index (χ1) is 16.1. The van der Waals surface area contributed by atoms with E-state index < -0.39 is 6.61 Å². The first-order valence-corrected chi connectivity index (χ1v) is 10.2. The van der Waals surface area contributed by atoms with Gasteiger partial charge in [0.2, 0.25) is 5.95 Å². The van der Waals surface area contributed by atoms with E-state index >= 15 is 0 Å². The molecule has 3 aromatic carbocycles. The van der Waals surface area contributed by atoms with Gasteiger partial charge in [-0.1, -0.05) is 54.6 Å². The highest BCUT2D eigenvalue weighted by molar-refractivity contribution is 5.69. The Morgan fingerprint density at radius 2 is 1.39 bits per heavy atom. The van der Waals surface area contributed by atoms with E-state index in [4.69, 9.17) is 4.74 Å². The van der Waals surface area contributed by atoms with Crippen LogP contribution in [0.1, 0.15) is 16.7 Å². The van der Waals surface area contributed by atoms with Gasteiger partial charge in [-0.2, -0.15) is 8.78 Å². The molecule has 1 aromatic heterocycles. The molecule has 0 saturated carbocycles. The van der Waals surface area contributed by atoms with E-state index in [1.165, 1.54) is 12.1 Å². The Labute approximate surface area is 190 Å². The number of hydrogen-bond acceptors (Lipinski definition) is 5. The number of rotatable bonds is 9. The molecule has 0 saturated heterocycles. The zero-order valence-corrected chi connectivity index (χ0v) is 17.6. The van der Waals surface area contributed by atoms with Crippen LogP contribution >= 0.6 is 0 Å². The molecule has 0 unspecified atom stereocenters. The maximum atomic E-state index is 12.2. The van der Waals surface area contributed by atoms with E-state index in [0.29, 0.717) is 18.2 Å². The number of hydrogen-bond donors (Lipinski definition) is 1. The van der Waals surface area contributed by atoms with E-state index in [9.17, 15) is 8.78 Å². The standard InChI is InChI=1S/C26H21F2N3O2/c27-25(28)33-24-14-10-22(11-15-24)31-26-29-16-21(17-30-26)7-6-19-8-12-23(13-9-19)32-18-20-4-2-1-3-5-20/h1-17,25H,18H2,(H,29,30,31). The first kappa shape index (κ1) is 22.0. The summed E-state index contributed by atoms with van der Waals surface area (Å²) < 4.78 is 34.6. The lowest BCUT2D eigenvalue weighted by Gasteiger charge is -2.07. The van der Waals surface area contributed by atoms with Gasteiger partial charge in [-0.25, -0.2) is 9.97 Å². The average Bonchev–Trinajstić information content (AvgIpc) is 2.84. The topological polar surface area (TPSA) is 56.3 Å². The summed E-state index contributed by atoms with van der Waals surface area (Å²) in [5.74, 6) is 1.30. The van der Waals surface area contributed by atoms with Crippen LogP contribution in [0.5, 0.6) is 11.5 Å². The number of benzene rings is 3. The molecule has 0 aliphatic carbocycles. The zero-order chi connectivity index (χ0) is 22.9. The lowest BCUT2D eigenvalue weighted by atomic mass is 10.2. The second-order valence-corrected chi connectivity index (χ2v) is 7.04. The van der Waals surface area contributed by atoms with Crippen LogP contribution in [-0.4, -0.2) is 16.6 Å². The van der Waals surface area contributed by atoms with Gasteiger partial charge >= 0.3 is 6.61 Å². The Bertz CT molecular complexity index is 1170. The highest BCUT2D eigenvalue weighted by atomic mass is 19.3. The third-order valence-electron chi connectivity index (χ3n) is 4.60. The van der Waals surface area contributed by atoms with Crippen molar-refractivity contribution in [2.75, 3.05) is 5.32 Å². The van der Waals surface area contributed by atoms with Crippen LogP contribution in [0.3, 0.4) is 0 Å². The highest BCUT2D eigenvalue weighted by Gasteiger charge is 2.04. The quantitative estimate of drug-likeness (QED) is 0.316. The van der Waals surface area contributed by atoms with Crippen molar-refractivity contribution in [1.29, 1.82) is 0 Å². The van der Waals surface area contributed by atoms with E-state index in [0.717, 1.165) is 22.4 Å². The molecule has 0 spiro atoms. The maximum Gasteiger partial charge on any atom is 0.387 e. The largest absolute Gasteiger partial charge is 0.489 e. The maximum absolute atomic E-state index is 12.2. The molecule has 4 rings (SSSR count). The summed E-state index contributed by atoms with van der Waals surface area (Å²) in [5, 5.41) is 3.01. The SMILES string of the molecule is FC(F)Oc1ccc(Nc2ncc(C=Cc3ccc(OCc4ccccc4)cc3)cn2)cc1. The minimum absolute atomic E-state index is 0.0905. The Hall–Kier alpha value is -4.26. The first-order valence-electron chi connectivity index (χ1n) is 10.2. The summed E-state index contributed by atoms with van der Waals surface area (Å²) in [7, 11) is 0. The monoisotopic (exact) mass is 445 g/mol. The molecule has 166 valence electrons. The van der Waals surface area contributed by atoms with Gasteiger partial charge < -0.3 is 14.8 Å². The Balaban J connectivity index is 1.29. The van der Waals surface area contributed by atoms with E-state index in [1.54, 1.807) is 24.5 Å². The second kappa shape index (κ2) is 10.9. The van der Waals surface area contributed by atoms with Gasteiger partial charge in [-0.3, -0.25) is 0 Å². The number of nitrogens with zero attached hydrogens (tertiary/aromatic N) is 2. The summed E-state index contributed by atoms with van der Waals surface area (Å²) in [4.78, 5) is 8.56. The van der Waals surface area contributed by atoms with Crippen molar-refractivity contribution in [2.45, 2.75) is 13.2 Å². The molecule has 1 heterocycles. The number of halogens is 2. The molecule has 0 aliphatic rings. The molecule has 1 N–H and O–H groups in total. The van der Waals surface area contributed by atoms with Crippen LogP contribution in [0, 0.1) is 0 Å². The van der Waals surface area contributed by atoms with E-state index in [1.807, 2.05) is 66.7 Å². The summed E-state index contributed by atoms with van der Waals surface area (Å²) >= 11 is 0. The predicted octanol–water partition coefficient (Wildman–Crippen LogP) is 6.57. The zero-order valence-electron chi connectivity index (χ0n) is 17.6. The minimum Gasteiger partial charge on any atom is -0.489 e. The van der Waals surface area contributed by atoms with Crippen LogP contribution in [0.2, 0.25) is 0 Å². The molecule has 4 aromatic rings. The van der Waals surface area contributed by atoms with Crippen molar-refractivity contribution in [2.24, 2.45) is 0 Å². The summed E-state index contributed by atoms with van der Waals surface area (Å²) in [5.41, 5.74) is 3.65. The lowest BCUT2D eigenvalue weighted by molar-refractivity contribution is -0.0498. The van der Waals surface area contributed by atoms with Gasteiger partial charge in [0.05, 0.1) is 0 Å². The van der Waals surface area contributed by atoms with Gasteiger partial charge in [0.15, 0.2) is 0 Å². The molecule has 0 radical (unpaired) electrons. The fourth-order valence-corrected chi connectivity index (χ4v) is 2.95. The number of aromatic nitrogens is 2.